The Labute approximate surface area is 119 Å². The summed E-state index contributed by atoms with van der Waals surface area (Å²) < 4.78 is 5.10. The first-order valence-electron chi connectivity index (χ1n) is 7.16. The molecule has 0 bridgehead atoms. The van der Waals surface area contributed by atoms with Gasteiger partial charge in [0.05, 0.1) is 6.61 Å². The standard InChI is InChI=1S/C13H23N5O2/c1-3-11-14-12(16-15-11)13(19)18-6-4-5-17(7-8-18)9-10-20-2/h3-10H2,1-2H3,(H,14,15,16). The third-order valence-electron chi connectivity index (χ3n) is 3.55. The summed E-state index contributed by atoms with van der Waals surface area (Å²) in [6.45, 7) is 6.99. The number of aromatic nitrogens is 3. The fourth-order valence-corrected chi connectivity index (χ4v) is 2.31. The van der Waals surface area contributed by atoms with Gasteiger partial charge in [0.1, 0.15) is 5.82 Å². The number of hydrogen-bond acceptors (Lipinski definition) is 5. The minimum absolute atomic E-state index is 0.0745. The Hall–Kier alpha value is -1.47. The quantitative estimate of drug-likeness (QED) is 0.832. The van der Waals surface area contributed by atoms with E-state index in [4.69, 9.17) is 4.74 Å². The van der Waals surface area contributed by atoms with Crippen LogP contribution in [0.25, 0.3) is 0 Å². The number of aromatic amines is 1. The SMILES string of the molecule is CCc1nc(C(=O)N2CCCN(CCOC)CC2)n[nH]1. The van der Waals surface area contributed by atoms with Crippen LogP contribution in [0, 0.1) is 0 Å². The monoisotopic (exact) mass is 281 g/mol. The Morgan fingerprint density at radius 2 is 2.20 bits per heavy atom. The summed E-state index contributed by atoms with van der Waals surface area (Å²) in [5.74, 6) is 0.964. The number of carbonyl (C=O) groups excluding carboxylic acids is 1. The van der Waals surface area contributed by atoms with Gasteiger partial charge in [-0.25, -0.2) is 4.98 Å². The molecule has 0 aliphatic carbocycles. The lowest BCUT2D eigenvalue weighted by atomic mass is 10.3. The van der Waals surface area contributed by atoms with Gasteiger partial charge in [-0.2, -0.15) is 0 Å². The van der Waals surface area contributed by atoms with E-state index in [9.17, 15) is 4.79 Å². The number of hydrogen-bond donors (Lipinski definition) is 1. The number of ether oxygens (including phenoxy) is 1. The average Bonchev–Trinajstić information content (AvgIpc) is 2.83. The predicted molar refractivity (Wildman–Crippen MR) is 74.6 cm³/mol. The molecule has 1 fully saturated rings. The van der Waals surface area contributed by atoms with Crippen LogP contribution in [0.15, 0.2) is 0 Å². The van der Waals surface area contributed by atoms with E-state index < -0.39 is 0 Å². The molecule has 7 nitrogen and oxygen atoms in total. The molecule has 1 aliphatic rings. The maximum absolute atomic E-state index is 12.3. The summed E-state index contributed by atoms with van der Waals surface area (Å²) in [6.07, 6.45) is 1.73. The molecule has 1 saturated heterocycles. The highest BCUT2D eigenvalue weighted by Crippen LogP contribution is 2.07. The number of H-pyrrole nitrogens is 1. The van der Waals surface area contributed by atoms with Gasteiger partial charge in [0, 0.05) is 39.7 Å². The van der Waals surface area contributed by atoms with E-state index in [-0.39, 0.29) is 11.7 Å². The smallest absolute Gasteiger partial charge is 0.293 e. The van der Waals surface area contributed by atoms with Gasteiger partial charge >= 0.3 is 0 Å². The van der Waals surface area contributed by atoms with Crippen LogP contribution >= 0.6 is 0 Å². The van der Waals surface area contributed by atoms with Gasteiger partial charge in [-0.1, -0.05) is 6.92 Å². The number of aryl methyl sites for hydroxylation is 1. The van der Waals surface area contributed by atoms with Crippen molar-refractivity contribution < 1.29 is 9.53 Å². The molecule has 20 heavy (non-hydrogen) atoms. The molecule has 1 amide bonds. The lowest BCUT2D eigenvalue weighted by Gasteiger charge is -2.20. The first kappa shape index (κ1) is 14.9. The fraction of sp³-hybridized carbons (Fsp3) is 0.769. The molecule has 1 N–H and O–H groups in total. The van der Waals surface area contributed by atoms with Crippen molar-refractivity contribution in [1.82, 2.24) is 25.0 Å². The van der Waals surface area contributed by atoms with Crippen LogP contribution in [0.5, 0.6) is 0 Å². The normalized spacial score (nSPS) is 17.2. The second kappa shape index (κ2) is 7.35. The molecule has 1 aromatic rings. The topological polar surface area (TPSA) is 74.3 Å². The average molecular weight is 281 g/mol. The van der Waals surface area contributed by atoms with Crippen LogP contribution in [0.3, 0.4) is 0 Å². The number of nitrogens with one attached hydrogen (secondary N) is 1. The van der Waals surface area contributed by atoms with E-state index >= 15 is 0 Å². The van der Waals surface area contributed by atoms with Crippen molar-refractivity contribution >= 4 is 5.91 Å². The lowest BCUT2D eigenvalue weighted by Crippen LogP contribution is -2.36. The third kappa shape index (κ3) is 3.77. The van der Waals surface area contributed by atoms with Crippen LogP contribution in [-0.2, 0) is 11.2 Å². The molecule has 0 aromatic carbocycles. The van der Waals surface area contributed by atoms with Gasteiger partial charge in [0.25, 0.3) is 5.91 Å². The van der Waals surface area contributed by atoms with Crippen LogP contribution in [-0.4, -0.2) is 77.3 Å². The molecular formula is C13H23N5O2. The number of rotatable bonds is 5. The van der Waals surface area contributed by atoms with Gasteiger partial charge in [0.15, 0.2) is 0 Å². The minimum atomic E-state index is -0.0745. The van der Waals surface area contributed by atoms with Crippen molar-refractivity contribution in [3.8, 4) is 0 Å². The summed E-state index contributed by atoms with van der Waals surface area (Å²) >= 11 is 0. The molecule has 0 unspecified atom stereocenters. The van der Waals surface area contributed by atoms with Crippen molar-refractivity contribution in [1.29, 1.82) is 0 Å². The molecule has 2 rings (SSSR count). The first-order chi connectivity index (χ1) is 9.74. The summed E-state index contributed by atoms with van der Waals surface area (Å²) in [5.41, 5.74) is 0. The summed E-state index contributed by atoms with van der Waals surface area (Å²) in [7, 11) is 1.71. The van der Waals surface area contributed by atoms with Crippen LogP contribution in [0.4, 0.5) is 0 Å². The highest BCUT2D eigenvalue weighted by atomic mass is 16.5. The largest absolute Gasteiger partial charge is 0.383 e. The Bertz CT molecular complexity index is 434. The molecular weight excluding hydrogens is 258 g/mol. The number of nitrogens with zero attached hydrogens (tertiary/aromatic N) is 4. The molecule has 0 radical (unpaired) electrons. The number of methoxy groups -OCH3 is 1. The van der Waals surface area contributed by atoms with E-state index in [1.807, 2.05) is 11.8 Å². The van der Waals surface area contributed by atoms with Crippen molar-refractivity contribution in [2.75, 3.05) is 46.4 Å². The number of carbonyl (C=O) groups is 1. The van der Waals surface area contributed by atoms with E-state index in [1.54, 1.807) is 7.11 Å². The second-order valence-electron chi connectivity index (χ2n) is 4.94. The molecule has 0 spiro atoms. The lowest BCUT2D eigenvalue weighted by molar-refractivity contribution is 0.0747. The van der Waals surface area contributed by atoms with Gasteiger partial charge in [0.2, 0.25) is 5.82 Å². The summed E-state index contributed by atoms with van der Waals surface area (Å²) in [4.78, 5) is 20.7. The second-order valence-corrected chi connectivity index (χ2v) is 4.94. The Morgan fingerprint density at radius 1 is 1.35 bits per heavy atom. The van der Waals surface area contributed by atoms with Crippen LogP contribution in [0.1, 0.15) is 29.8 Å². The van der Waals surface area contributed by atoms with Crippen molar-refractivity contribution in [2.24, 2.45) is 0 Å². The minimum Gasteiger partial charge on any atom is -0.383 e. The molecule has 112 valence electrons. The van der Waals surface area contributed by atoms with Crippen LogP contribution < -0.4 is 0 Å². The zero-order valence-electron chi connectivity index (χ0n) is 12.3. The van der Waals surface area contributed by atoms with Gasteiger partial charge in [-0.05, 0) is 13.0 Å². The van der Waals surface area contributed by atoms with Crippen molar-refractivity contribution in [3.63, 3.8) is 0 Å². The maximum Gasteiger partial charge on any atom is 0.293 e. The summed E-state index contributed by atoms with van der Waals surface area (Å²) in [5, 5.41) is 6.79. The Morgan fingerprint density at radius 3 is 2.90 bits per heavy atom. The zero-order chi connectivity index (χ0) is 14.4. The van der Waals surface area contributed by atoms with Crippen molar-refractivity contribution in [3.05, 3.63) is 11.6 Å². The zero-order valence-corrected chi connectivity index (χ0v) is 12.3. The molecule has 0 atom stereocenters. The molecule has 0 saturated carbocycles. The molecule has 7 heteroatoms. The highest BCUT2D eigenvalue weighted by molar-refractivity contribution is 5.90. The van der Waals surface area contributed by atoms with E-state index in [2.05, 4.69) is 20.1 Å². The van der Waals surface area contributed by atoms with Crippen molar-refractivity contribution in [2.45, 2.75) is 19.8 Å². The maximum atomic E-state index is 12.3. The third-order valence-corrected chi connectivity index (χ3v) is 3.55. The molecule has 1 aliphatic heterocycles. The van der Waals surface area contributed by atoms with E-state index in [0.717, 1.165) is 58.0 Å². The summed E-state index contributed by atoms with van der Waals surface area (Å²) in [6, 6.07) is 0. The molecule has 2 heterocycles. The van der Waals surface area contributed by atoms with E-state index in [0.29, 0.717) is 0 Å². The van der Waals surface area contributed by atoms with Gasteiger partial charge in [-0.3, -0.25) is 14.8 Å². The van der Waals surface area contributed by atoms with Gasteiger partial charge in [-0.15, -0.1) is 5.10 Å². The fourth-order valence-electron chi connectivity index (χ4n) is 2.31. The van der Waals surface area contributed by atoms with Gasteiger partial charge < -0.3 is 9.64 Å². The van der Waals surface area contributed by atoms with E-state index in [1.165, 1.54) is 0 Å². The Balaban J connectivity index is 1.90. The highest BCUT2D eigenvalue weighted by Gasteiger charge is 2.22. The molecule has 1 aromatic heterocycles. The van der Waals surface area contributed by atoms with Crippen LogP contribution in [0.2, 0.25) is 0 Å². The Kier molecular flexibility index (Phi) is 5.49. The predicted octanol–water partition coefficient (Wildman–Crippen LogP) is 0.161. The number of amides is 1. The first-order valence-corrected chi connectivity index (χ1v) is 7.16.